The molecule has 1 aliphatic carbocycles. The molecule has 0 radical (unpaired) electrons. The maximum absolute atomic E-state index is 13.8. The quantitative estimate of drug-likeness (QED) is 0.368. The van der Waals surface area contributed by atoms with Gasteiger partial charge in [-0.25, -0.2) is 4.79 Å². The molecule has 0 aromatic heterocycles. The maximum atomic E-state index is 13.8. The van der Waals surface area contributed by atoms with Gasteiger partial charge in [0.2, 0.25) is 5.91 Å². The number of carbonyl (C=O) groups is 2. The van der Waals surface area contributed by atoms with E-state index in [1.54, 1.807) is 26.0 Å². The number of carbonyl (C=O) groups excluding carboxylic acids is 2. The van der Waals surface area contributed by atoms with Gasteiger partial charge in [0, 0.05) is 0 Å². The molecule has 1 amide bonds. The van der Waals surface area contributed by atoms with Crippen LogP contribution in [0, 0.1) is 23.7 Å². The molecular weight excluding hydrogens is 482 g/mol. The lowest BCUT2D eigenvalue weighted by Gasteiger charge is -2.51. The van der Waals surface area contributed by atoms with Crippen molar-refractivity contribution >= 4 is 11.9 Å². The van der Waals surface area contributed by atoms with E-state index in [-0.39, 0.29) is 17.9 Å². The first kappa shape index (κ1) is 28.0. The molecule has 1 saturated heterocycles. The molecule has 0 bridgehead atoms. The number of aliphatic hydroxyl groups excluding tert-OH is 1. The predicted octanol–water partition coefficient (Wildman–Crippen LogP) is 5.01. The highest BCUT2D eigenvalue weighted by Crippen LogP contribution is 2.43. The second-order valence-corrected chi connectivity index (χ2v) is 11.2. The normalized spacial score (nSPS) is 26.2. The zero-order valence-corrected chi connectivity index (χ0v) is 23.3. The average molecular weight is 524 g/mol. The van der Waals surface area contributed by atoms with Crippen molar-refractivity contribution in [3.63, 3.8) is 0 Å². The van der Waals surface area contributed by atoms with Crippen LogP contribution in [0.15, 0.2) is 48.5 Å². The van der Waals surface area contributed by atoms with Gasteiger partial charge < -0.3 is 24.2 Å². The molecule has 2 aromatic rings. The number of β-lactam (4-membered cyclic amide) rings is 1. The van der Waals surface area contributed by atoms with Crippen molar-refractivity contribution in [2.24, 2.45) is 23.7 Å². The Morgan fingerprint density at radius 3 is 1.89 bits per heavy atom. The van der Waals surface area contributed by atoms with Gasteiger partial charge in [-0.05, 0) is 72.9 Å². The summed E-state index contributed by atoms with van der Waals surface area (Å²) < 4.78 is 16.9. The lowest BCUT2D eigenvalue weighted by atomic mass is 9.75. The number of benzene rings is 2. The van der Waals surface area contributed by atoms with Crippen molar-refractivity contribution in [2.45, 2.75) is 71.2 Å². The Morgan fingerprint density at radius 2 is 1.45 bits per heavy atom. The first-order valence-corrected chi connectivity index (χ1v) is 13.6. The number of amides is 1. The van der Waals surface area contributed by atoms with Crippen LogP contribution in [-0.2, 0) is 14.3 Å². The molecule has 1 saturated carbocycles. The standard InChI is InChI=1S/C31H41NO6/c1-18(2)25-16-7-19(3)17-26(25)38-31(35)29-27(20(4)33)30(34)32(29)28(21-8-12-23(36-5)13-9-21)22-10-14-24(37-6)15-11-22/h8-15,18-20,25-29,33H,7,16-17H2,1-6H3/t19-,20-,25+,26-,27+,29-/m1/s1. The first-order chi connectivity index (χ1) is 18.2. The van der Waals surface area contributed by atoms with E-state index in [9.17, 15) is 14.7 Å². The van der Waals surface area contributed by atoms with E-state index < -0.39 is 30.1 Å². The van der Waals surface area contributed by atoms with Crippen molar-refractivity contribution in [1.29, 1.82) is 0 Å². The van der Waals surface area contributed by atoms with Crippen LogP contribution in [-0.4, -0.2) is 54.4 Å². The van der Waals surface area contributed by atoms with E-state index in [0.717, 1.165) is 30.4 Å². The van der Waals surface area contributed by atoms with E-state index >= 15 is 0 Å². The molecule has 2 aromatic carbocycles. The third-order valence-corrected chi connectivity index (χ3v) is 8.31. The highest BCUT2D eigenvalue weighted by Gasteiger charge is 2.57. The number of likely N-dealkylation sites (tertiary alicyclic amines) is 1. The lowest BCUT2D eigenvalue weighted by molar-refractivity contribution is -0.190. The summed E-state index contributed by atoms with van der Waals surface area (Å²) in [5, 5.41) is 10.5. The van der Waals surface area contributed by atoms with Crippen LogP contribution in [0.3, 0.4) is 0 Å². The summed E-state index contributed by atoms with van der Waals surface area (Å²) in [6.45, 7) is 8.10. The lowest BCUT2D eigenvalue weighted by Crippen LogP contribution is -2.68. The SMILES string of the molecule is COc1ccc(C(c2ccc(OC)cc2)N2C(=O)[C@@H]([C@@H](C)O)[C@@H]2C(=O)O[C@@H]2C[C@H](C)CC[C@H]2C(C)C)cc1. The average Bonchev–Trinajstić information content (AvgIpc) is 2.89. The monoisotopic (exact) mass is 523 g/mol. The molecule has 0 unspecified atom stereocenters. The van der Waals surface area contributed by atoms with E-state index in [4.69, 9.17) is 14.2 Å². The Hall–Kier alpha value is -3.06. The number of esters is 1. The van der Waals surface area contributed by atoms with Gasteiger partial charge in [-0.3, -0.25) is 4.79 Å². The topological polar surface area (TPSA) is 85.3 Å². The van der Waals surface area contributed by atoms with Crippen molar-refractivity contribution < 1.29 is 28.9 Å². The fraction of sp³-hybridized carbons (Fsp3) is 0.548. The van der Waals surface area contributed by atoms with E-state index in [1.165, 1.54) is 0 Å². The summed E-state index contributed by atoms with van der Waals surface area (Å²) in [5.74, 6) is 0.980. The van der Waals surface area contributed by atoms with Crippen molar-refractivity contribution in [3.8, 4) is 11.5 Å². The third kappa shape index (κ3) is 5.53. The van der Waals surface area contributed by atoms with Crippen LogP contribution in [0.4, 0.5) is 0 Å². The van der Waals surface area contributed by atoms with Crippen LogP contribution >= 0.6 is 0 Å². The minimum Gasteiger partial charge on any atom is -0.497 e. The molecule has 2 fully saturated rings. The number of methoxy groups -OCH3 is 2. The zero-order chi connectivity index (χ0) is 27.6. The summed E-state index contributed by atoms with van der Waals surface area (Å²) in [4.78, 5) is 29.0. The zero-order valence-electron chi connectivity index (χ0n) is 23.3. The third-order valence-electron chi connectivity index (χ3n) is 8.31. The highest BCUT2D eigenvalue weighted by molar-refractivity contribution is 5.98. The number of ether oxygens (including phenoxy) is 3. The van der Waals surface area contributed by atoms with E-state index in [0.29, 0.717) is 23.3 Å². The van der Waals surface area contributed by atoms with Crippen molar-refractivity contribution in [3.05, 3.63) is 59.7 Å². The summed E-state index contributed by atoms with van der Waals surface area (Å²) in [5.41, 5.74) is 1.66. The maximum Gasteiger partial charge on any atom is 0.330 e. The molecule has 206 valence electrons. The molecule has 1 heterocycles. The van der Waals surface area contributed by atoms with Gasteiger partial charge in [-0.15, -0.1) is 0 Å². The van der Waals surface area contributed by atoms with Gasteiger partial charge >= 0.3 is 5.97 Å². The Labute approximate surface area is 226 Å². The van der Waals surface area contributed by atoms with Gasteiger partial charge in [0.25, 0.3) is 0 Å². The predicted molar refractivity (Wildman–Crippen MR) is 145 cm³/mol. The molecule has 1 aliphatic heterocycles. The largest absolute Gasteiger partial charge is 0.497 e. The molecule has 7 nitrogen and oxygen atoms in total. The summed E-state index contributed by atoms with van der Waals surface area (Å²) in [7, 11) is 3.20. The number of aliphatic hydroxyl groups is 1. The van der Waals surface area contributed by atoms with Gasteiger partial charge in [0.1, 0.15) is 23.6 Å². The van der Waals surface area contributed by atoms with E-state index in [1.807, 2.05) is 48.5 Å². The summed E-state index contributed by atoms with van der Waals surface area (Å²) in [6, 6.07) is 13.5. The Kier molecular flexibility index (Phi) is 8.66. The molecule has 38 heavy (non-hydrogen) atoms. The molecule has 1 N–H and O–H groups in total. The Morgan fingerprint density at radius 1 is 0.921 bits per heavy atom. The second kappa shape index (κ2) is 11.8. The summed E-state index contributed by atoms with van der Waals surface area (Å²) in [6.07, 6.45) is 1.78. The van der Waals surface area contributed by atoms with Crippen LogP contribution in [0.1, 0.15) is 64.1 Å². The number of hydrogen-bond acceptors (Lipinski definition) is 6. The van der Waals surface area contributed by atoms with Crippen LogP contribution < -0.4 is 9.47 Å². The second-order valence-electron chi connectivity index (χ2n) is 11.2. The van der Waals surface area contributed by atoms with Crippen LogP contribution in [0.2, 0.25) is 0 Å². The highest BCUT2D eigenvalue weighted by atomic mass is 16.5. The van der Waals surface area contributed by atoms with Gasteiger partial charge in [-0.1, -0.05) is 51.5 Å². The van der Waals surface area contributed by atoms with Crippen LogP contribution in [0.25, 0.3) is 0 Å². The van der Waals surface area contributed by atoms with Gasteiger partial charge in [0.05, 0.1) is 32.3 Å². The number of rotatable bonds is 9. The van der Waals surface area contributed by atoms with Crippen molar-refractivity contribution in [2.75, 3.05) is 14.2 Å². The molecule has 4 rings (SSSR count). The van der Waals surface area contributed by atoms with Crippen molar-refractivity contribution in [1.82, 2.24) is 4.90 Å². The first-order valence-electron chi connectivity index (χ1n) is 13.6. The smallest absolute Gasteiger partial charge is 0.330 e. The van der Waals surface area contributed by atoms with Gasteiger partial charge in [-0.2, -0.15) is 0 Å². The molecule has 6 atom stereocenters. The fourth-order valence-corrected chi connectivity index (χ4v) is 6.11. The molecule has 2 aliphatic rings. The fourth-order valence-electron chi connectivity index (χ4n) is 6.11. The van der Waals surface area contributed by atoms with Gasteiger partial charge in [0.15, 0.2) is 0 Å². The van der Waals surface area contributed by atoms with Crippen LogP contribution in [0.5, 0.6) is 11.5 Å². The molecule has 0 spiro atoms. The minimum atomic E-state index is -0.977. The Balaban J connectivity index is 1.70. The summed E-state index contributed by atoms with van der Waals surface area (Å²) >= 11 is 0. The minimum absolute atomic E-state index is 0.195. The molecule has 7 heteroatoms. The number of nitrogens with zero attached hydrogens (tertiary/aromatic N) is 1. The molecular formula is C31H41NO6. The Bertz CT molecular complexity index is 1050. The number of hydrogen-bond donors (Lipinski definition) is 1. The van der Waals surface area contributed by atoms with E-state index in [2.05, 4.69) is 20.8 Å².